The van der Waals surface area contributed by atoms with Crippen LogP contribution < -0.4 is 10.2 Å². The van der Waals surface area contributed by atoms with E-state index >= 15 is 0 Å². The van der Waals surface area contributed by atoms with Crippen LogP contribution in [-0.4, -0.2) is 43.9 Å². The summed E-state index contributed by atoms with van der Waals surface area (Å²) in [5, 5.41) is 2.89. The number of rotatable bonds is 6. The molecule has 2 aromatic rings. The molecule has 2 amide bonds. The first-order valence-electron chi connectivity index (χ1n) is 9.63. The standard InChI is InChI=1S/C22H24F3N3O2/c1-27(2)19(15-7-4-3-5-8-15)13-26-21(30)16-11-20(29)28(14-16)18-10-6-9-17(12-18)22(23,24)25/h3-10,12,16,19H,11,13-14H2,1-2H3,(H,26,30). The molecular weight excluding hydrogens is 395 g/mol. The van der Waals surface area contributed by atoms with Crippen LogP contribution in [0.1, 0.15) is 23.6 Å². The summed E-state index contributed by atoms with van der Waals surface area (Å²) in [6.45, 7) is 0.425. The summed E-state index contributed by atoms with van der Waals surface area (Å²) in [6.07, 6.45) is -4.52. The molecule has 160 valence electrons. The number of hydrogen-bond acceptors (Lipinski definition) is 3. The second-order valence-corrected chi connectivity index (χ2v) is 7.59. The van der Waals surface area contributed by atoms with Crippen molar-refractivity contribution in [3.63, 3.8) is 0 Å². The van der Waals surface area contributed by atoms with Crippen molar-refractivity contribution in [2.75, 3.05) is 32.1 Å². The van der Waals surface area contributed by atoms with E-state index in [1.54, 1.807) is 0 Å². The van der Waals surface area contributed by atoms with Crippen LogP contribution in [0.5, 0.6) is 0 Å². The van der Waals surface area contributed by atoms with E-state index in [-0.39, 0.29) is 36.5 Å². The van der Waals surface area contributed by atoms with Crippen molar-refractivity contribution < 1.29 is 22.8 Å². The molecule has 1 saturated heterocycles. The fourth-order valence-electron chi connectivity index (χ4n) is 3.60. The fourth-order valence-corrected chi connectivity index (χ4v) is 3.60. The van der Waals surface area contributed by atoms with E-state index in [0.717, 1.165) is 17.7 Å². The normalized spacial score (nSPS) is 18.0. The Labute approximate surface area is 173 Å². The maximum absolute atomic E-state index is 13.0. The van der Waals surface area contributed by atoms with Crippen LogP contribution in [0.2, 0.25) is 0 Å². The molecule has 8 heteroatoms. The lowest BCUT2D eigenvalue weighted by Crippen LogP contribution is -2.38. The Kier molecular flexibility index (Phi) is 6.45. The van der Waals surface area contributed by atoms with Crippen LogP contribution in [0.25, 0.3) is 0 Å². The van der Waals surface area contributed by atoms with Crippen LogP contribution in [0.15, 0.2) is 54.6 Å². The molecule has 0 aromatic heterocycles. The van der Waals surface area contributed by atoms with E-state index in [2.05, 4.69) is 5.32 Å². The Bertz CT molecular complexity index is 900. The molecule has 0 spiro atoms. The lowest BCUT2D eigenvalue weighted by molar-refractivity contribution is -0.137. The van der Waals surface area contributed by atoms with Gasteiger partial charge in [0.05, 0.1) is 17.5 Å². The van der Waals surface area contributed by atoms with Crippen LogP contribution in [0, 0.1) is 5.92 Å². The van der Waals surface area contributed by atoms with Gasteiger partial charge in [0, 0.05) is 25.2 Å². The molecular formula is C22H24F3N3O2. The maximum atomic E-state index is 13.0. The minimum Gasteiger partial charge on any atom is -0.354 e. The Morgan fingerprint density at radius 1 is 1.17 bits per heavy atom. The molecule has 0 saturated carbocycles. The fraction of sp³-hybridized carbons (Fsp3) is 0.364. The first kappa shape index (κ1) is 21.8. The third-order valence-corrected chi connectivity index (χ3v) is 5.26. The Morgan fingerprint density at radius 2 is 1.87 bits per heavy atom. The number of carbonyl (C=O) groups is 2. The van der Waals surface area contributed by atoms with Crippen molar-refractivity contribution in [1.82, 2.24) is 10.2 Å². The van der Waals surface area contributed by atoms with Crippen molar-refractivity contribution in [3.8, 4) is 0 Å². The monoisotopic (exact) mass is 419 g/mol. The summed E-state index contributed by atoms with van der Waals surface area (Å²) in [5.74, 6) is -1.24. The number of benzene rings is 2. The number of halogens is 3. The van der Waals surface area contributed by atoms with Crippen molar-refractivity contribution in [2.24, 2.45) is 5.92 Å². The van der Waals surface area contributed by atoms with Gasteiger partial charge < -0.3 is 15.1 Å². The van der Waals surface area contributed by atoms with Gasteiger partial charge in [-0.05, 0) is 37.9 Å². The summed E-state index contributed by atoms with van der Waals surface area (Å²) in [4.78, 5) is 28.3. The quantitative estimate of drug-likeness (QED) is 0.780. The largest absolute Gasteiger partial charge is 0.416 e. The molecule has 2 unspecified atom stereocenters. The molecule has 2 aromatic carbocycles. The lowest BCUT2D eigenvalue weighted by Gasteiger charge is -2.25. The van der Waals surface area contributed by atoms with Gasteiger partial charge in [-0.25, -0.2) is 0 Å². The Balaban J connectivity index is 1.65. The predicted octanol–water partition coefficient (Wildman–Crippen LogP) is 3.48. The topological polar surface area (TPSA) is 52.7 Å². The highest BCUT2D eigenvalue weighted by Gasteiger charge is 2.37. The number of amides is 2. The molecule has 2 atom stereocenters. The molecule has 1 aliphatic heterocycles. The molecule has 1 N–H and O–H groups in total. The van der Waals surface area contributed by atoms with Gasteiger partial charge >= 0.3 is 6.18 Å². The van der Waals surface area contributed by atoms with Crippen molar-refractivity contribution >= 4 is 17.5 Å². The minimum atomic E-state index is -4.49. The van der Waals surface area contributed by atoms with E-state index in [9.17, 15) is 22.8 Å². The average Bonchev–Trinajstić information content (AvgIpc) is 3.10. The first-order valence-corrected chi connectivity index (χ1v) is 9.63. The smallest absolute Gasteiger partial charge is 0.354 e. The first-order chi connectivity index (χ1) is 14.2. The van der Waals surface area contributed by atoms with Gasteiger partial charge in [0.25, 0.3) is 0 Å². The highest BCUT2D eigenvalue weighted by Crippen LogP contribution is 2.33. The molecule has 0 aliphatic carbocycles. The average molecular weight is 419 g/mol. The summed E-state index contributed by atoms with van der Waals surface area (Å²) in [6, 6.07) is 14.3. The molecule has 3 rings (SSSR count). The highest BCUT2D eigenvalue weighted by atomic mass is 19.4. The highest BCUT2D eigenvalue weighted by molar-refractivity contribution is 6.00. The summed E-state index contributed by atoms with van der Waals surface area (Å²) >= 11 is 0. The summed E-state index contributed by atoms with van der Waals surface area (Å²) in [5.41, 5.74) is 0.383. The van der Waals surface area contributed by atoms with Crippen LogP contribution in [0.4, 0.5) is 18.9 Å². The van der Waals surface area contributed by atoms with Crippen molar-refractivity contribution in [1.29, 1.82) is 0 Å². The van der Waals surface area contributed by atoms with Gasteiger partial charge in [0.15, 0.2) is 0 Å². The number of likely N-dealkylation sites (N-methyl/N-ethyl adjacent to an activating group) is 1. The Morgan fingerprint density at radius 3 is 2.50 bits per heavy atom. The van der Waals surface area contributed by atoms with E-state index < -0.39 is 17.7 Å². The van der Waals surface area contributed by atoms with Gasteiger partial charge in [-0.15, -0.1) is 0 Å². The number of carbonyl (C=O) groups excluding carboxylic acids is 2. The molecule has 0 radical (unpaired) electrons. The molecule has 5 nitrogen and oxygen atoms in total. The minimum absolute atomic E-state index is 0.0277. The number of anilines is 1. The van der Waals surface area contributed by atoms with Gasteiger partial charge in [-0.1, -0.05) is 36.4 Å². The van der Waals surface area contributed by atoms with E-state index in [0.29, 0.717) is 6.54 Å². The zero-order valence-electron chi connectivity index (χ0n) is 16.8. The zero-order valence-corrected chi connectivity index (χ0v) is 16.8. The van der Waals surface area contributed by atoms with Gasteiger partial charge in [0.2, 0.25) is 11.8 Å². The maximum Gasteiger partial charge on any atom is 0.416 e. The lowest BCUT2D eigenvalue weighted by atomic mass is 10.0. The summed E-state index contributed by atoms with van der Waals surface area (Å²) in [7, 11) is 3.83. The van der Waals surface area contributed by atoms with Crippen LogP contribution >= 0.6 is 0 Å². The zero-order chi connectivity index (χ0) is 21.9. The number of nitrogens with one attached hydrogen (secondary N) is 1. The SMILES string of the molecule is CN(C)C(CNC(=O)C1CC(=O)N(c2cccc(C(F)(F)F)c2)C1)c1ccccc1. The van der Waals surface area contributed by atoms with Gasteiger partial charge in [-0.2, -0.15) is 13.2 Å². The second kappa shape index (κ2) is 8.87. The molecule has 30 heavy (non-hydrogen) atoms. The van der Waals surface area contributed by atoms with Crippen LogP contribution in [-0.2, 0) is 15.8 Å². The molecule has 1 fully saturated rings. The second-order valence-electron chi connectivity index (χ2n) is 7.59. The van der Waals surface area contributed by atoms with E-state index in [1.807, 2.05) is 49.3 Å². The van der Waals surface area contributed by atoms with E-state index in [4.69, 9.17) is 0 Å². The predicted molar refractivity (Wildman–Crippen MR) is 108 cm³/mol. The van der Waals surface area contributed by atoms with Crippen molar-refractivity contribution in [2.45, 2.75) is 18.6 Å². The third kappa shape index (κ3) is 4.99. The molecule has 1 aliphatic rings. The third-order valence-electron chi connectivity index (χ3n) is 5.26. The van der Waals surface area contributed by atoms with Crippen LogP contribution in [0.3, 0.4) is 0 Å². The number of hydrogen-bond donors (Lipinski definition) is 1. The number of alkyl halides is 3. The van der Waals surface area contributed by atoms with Crippen molar-refractivity contribution in [3.05, 3.63) is 65.7 Å². The summed E-state index contributed by atoms with van der Waals surface area (Å²) < 4.78 is 38.9. The van der Waals surface area contributed by atoms with Gasteiger partial charge in [-0.3, -0.25) is 9.59 Å². The molecule has 0 bridgehead atoms. The Hall–Kier alpha value is -2.87. The van der Waals surface area contributed by atoms with E-state index in [1.165, 1.54) is 17.0 Å². The van der Waals surface area contributed by atoms with Gasteiger partial charge in [0.1, 0.15) is 0 Å². The molecule has 1 heterocycles. The number of nitrogens with zero attached hydrogens (tertiary/aromatic N) is 2.